The molecule has 4 fully saturated rings. The number of hydrogen-bond acceptors (Lipinski definition) is 17. The molecule has 3 N–H and O–H groups in total. The Balaban J connectivity index is 1.40. The van der Waals surface area contributed by atoms with Gasteiger partial charge in [0.1, 0.15) is 29.3 Å². The molecule has 2 aromatic rings. The highest BCUT2D eigenvalue weighted by Crippen LogP contribution is 2.49. The molecule has 386 valence electrons. The minimum Gasteiger partial charge on any atom is -0.458 e. The van der Waals surface area contributed by atoms with Gasteiger partial charge in [-0.1, -0.05) is 45.9 Å². The number of ketones is 1. The lowest BCUT2D eigenvalue weighted by Gasteiger charge is -2.50. The zero-order valence-corrected chi connectivity index (χ0v) is 43.6. The molecule has 0 aliphatic carbocycles. The van der Waals surface area contributed by atoms with Gasteiger partial charge in [0.15, 0.2) is 18.2 Å². The molecule has 0 saturated carbocycles. The number of aliphatic hydroxyl groups excluding tert-OH is 2. The highest BCUT2D eigenvalue weighted by Gasteiger charge is 2.62. The number of aliphatic hydroxyl groups is 2. The number of thioether (sulfide) groups is 1. The number of nitrogens with one attached hydrogen (secondary N) is 1. The number of anilines is 1. The number of cyclic esters (lactones) is 1. The Hall–Kier alpha value is -3.30. The number of carbonyl (C=O) groups is 4. The average Bonchev–Trinajstić information content (AvgIpc) is 3.58. The molecule has 0 bridgehead atoms. The number of esters is 2. The molecular formula is C51H77N3O14S. The van der Waals surface area contributed by atoms with Gasteiger partial charge in [-0.25, -0.2) is 0 Å². The van der Waals surface area contributed by atoms with Gasteiger partial charge >= 0.3 is 11.9 Å². The maximum absolute atomic E-state index is 15.1. The standard InChI is InChI=1S/C51H77N3O14S/c1-15-35-51(10)38(43(47(60)68-51)69-25-36(55)53-33-20-16-18-32-19-17-21-52-39(32)33)28(4)40(56)26(2)23-50(9,62-14)45(67-48-41(57)34(54(11)12)22-27(3)63-48)29(5)42(30(6)46(59)65-35)66-37-24-49(8,61-13)44(58)31(7)64-37/h16-21,26-31,34-35,37-38,41-45,48,57-58H,15,22-25H2,1-14H3,(H,53,55)/t26-,27-,28-,29+,30-,31-,34+,35-,37+,38?,41-,42+,43?,44+,45-,48+,49-,50-,51-/m1/s1. The maximum Gasteiger partial charge on any atom is 0.320 e. The molecule has 1 aromatic heterocycles. The van der Waals surface area contributed by atoms with E-state index < -0.39 is 113 Å². The second-order valence-electron chi connectivity index (χ2n) is 20.8. The lowest BCUT2D eigenvalue weighted by molar-refractivity contribution is -0.319. The zero-order valence-electron chi connectivity index (χ0n) is 42.8. The van der Waals surface area contributed by atoms with E-state index in [9.17, 15) is 24.6 Å². The second-order valence-corrected chi connectivity index (χ2v) is 21.9. The van der Waals surface area contributed by atoms with Crippen LogP contribution >= 0.6 is 11.8 Å². The van der Waals surface area contributed by atoms with E-state index in [-0.39, 0.29) is 48.9 Å². The number of hydrogen-bond donors (Lipinski definition) is 3. The number of carbonyl (C=O) groups excluding carboxylic acids is 4. The summed E-state index contributed by atoms with van der Waals surface area (Å²) in [6.07, 6.45) is -5.69. The summed E-state index contributed by atoms with van der Waals surface area (Å²) < 4.78 is 51.5. The largest absolute Gasteiger partial charge is 0.458 e. The van der Waals surface area contributed by atoms with E-state index in [4.69, 9.17) is 37.9 Å². The summed E-state index contributed by atoms with van der Waals surface area (Å²) >= 11 is 1.08. The van der Waals surface area contributed by atoms with Gasteiger partial charge in [-0.05, 0) is 87.0 Å². The first kappa shape index (κ1) is 55.0. The smallest absolute Gasteiger partial charge is 0.320 e. The van der Waals surface area contributed by atoms with Gasteiger partial charge in [-0.2, -0.15) is 0 Å². The number of pyridine rings is 1. The third-order valence-corrected chi connectivity index (χ3v) is 16.8. The van der Waals surface area contributed by atoms with Gasteiger partial charge in [-0.3, -0.25) is 24.2 Å². The number of aromatic nitrogens is 1. The Kier molecular flexibility index (Phi) is 17.7. The highest BCUT2D eigenvalue weighted by atomic mass is 32.2. The predicted octanol–water partition coefficient (Wildman–Crippen LogP) is 5.55. The molecule has 2 unspecified atom stereocenters. The van der Waals surface area contributed by atoms with Crippen molar-refractivity contribution in [2.24, 2.45) is 29.6 Å². The predicted molar refractivity (Wildman–Crippen MR) is 259 cm³/mol. The Morgan fingerprint density at radius 3 is 2.25 bits per heavy atom. The molecule has 17 nitrogen and oxygen atoms in total. The van der Waals surface area contributed by atoms with Gasteiger partial charge in [0.05, 0.1) is 58.5 Å². The van der Waals surface area contributed by atoms with Crippen LogP contribution in [0.3, 0.4) is 0 Å². The summed E-state index contributed by atoms with van der Waals surface area (Å²) in [7, 11) is 6.80. The first-order chi connectivity index (χ1) is 32.4. The molecule has 0 radical (unpaired) electrons. The summed E-state index contributed by atoms with van der Waals surface area (Å²) in [5, 5.41) is 25.7. The number of rotatable bonds is 12. The summed E-state index contributed by atoms with van der Waals surface area (Å²) in [6, 6.07) is 8.87. The number of ether oxygens (including phenoxy) is 8. The number of methoxy groups -OCH3 is 2. The van der Waals surface area contributed by atoms with Crippen LogP contribution in [0.15, 0.2) is 36.5 Å². The fraction of sp³-hybridized carbons (Fsp3) is 0.745. The van der Waals surface area contributed by atoms with Gasteiger partial charge in [0.25, 0.3) is 0 Å². The van der Waals surface area contributed by atoms with Crippen LogP contribution in [0.1, 0.15) is 94.9 Å². The van der Waals surface area contributed by atoms with Crippen LogP contribution in [-0.4, -0.2) is 161 Å². The van der Waals surface area contributed by atoms with Crippen molar-refractivity contribution in [3.8, 4) is 0 Å². The molecule has 6 rings (SSSR count). The molecule has 5 heterocycles. The topological polar surface area (TPSA) is 211 Å². The van der Waals surface area contributed by atoms with Crippen molar-refractivity contribution < 1.29 is 67.3 Å². The monoisotopic (exact) mass is 988 g/mol. The minimum absolute atomic E-state index is 0.0995. The molecule has 18 heteroatoms. The molecule has 1 amide bonds. The Morgan fingerprint density at radius 1 is 0.913 bits per heavy atom. The van der Waals surface area contributed by atoms with E-state index in [0.29, 0.717) is 17.6 Å². The third-order valence-electron chi connectivity index (χ3n) is 15.6. The van der Waals surface area contributed by atoms with Crippen molar-refractivity contribution in [3.05, 3.63) is 36.5 Å². The second kappa shape index (κ2) is 22.2. The van der Waals surface area contributed by atoms with E-state index in [1.807, 2.05) is 77.9 Å². The maximum atomic E-state index is 15.1. The van der Waals surface area contributed by atoms with E-state index in [0.717, 1.165) is 17.1 Å². The molecular weight excluding hydrogens is 911 g/mol. The van der Waals surface area contributed by atoms with E-state index in [2.05, 4.69) is 10.3 Å². The van der Waals surface area contributed by atoms with E-state index in [1.54, 1.807) is 46.9 Å². The number of Topliss-reactive ketones (excluding diaryl/α,β-unsaturated/α-hetero) is 1. The van der Waals surface area contributed by atoms with Gasteiger partial charge < -0.3 is 58.3 Å². The van der Waals surface area contributed by atoms with Crippen LogP contribution < -0.4 is 5.32 Å². The summed E-state index contributed by atoms with van der Waals surface area (Å²) in [6.45, 7) is 17.9. The van der Waals surface area contributed by atoms with Crippen molar-refractivity contribution in [1.29, 1.82) is 0 Å². The van der Waals surface area contributed by atoms with Crippen LogP contribution in [0.5, 0.6) is 0 Å². The van der Waals surface area contributed by atoms with Crippen LogP contribution in [0.4, 0.5) is 5.69 Å². The zero-order chi connectivity index (χ0) is 50.9. The highest BCUT2D eigenvalue weighted by molar-refractivity contribution is 8.01. The summed E-state index contributed by atoms with van der Waals surface area (Å²) in [4.78, 5) is 64.3. The fourth-order valence-electron chi connectivity index (χ4n) is 11.5. The van der Waals surface area contributed by atoms with E-state index in [1.165, 1.54) is 14.2 Å². The number of amides is 1. The van der Waals surface area contributed by atoms with Crippen LogP contribution in [-0.2, 0) is 57.1 Å². The molecule has 4 aliphatic heterocycles. The van der Waals surface area contributed by atoms with E-state index >= 15 is 4.79 Å². The molecule has 0 spiro atoms. The first-order valence-corrected chi connectivity index (χ1v) is 25.4. The van der Waals surface area contributed by atoms with Crippen LogP contribution in [0, 0.1) is 29.6 Å². The Morgan fingerprint density at radius 2 is 1.59 bits per heavy atom. The summed E-state index contributed by atoms with van der Waals surface area (Å²) in [5.41, 5.74) is -2.74. The number of benzene rings is 1. The number of nitrogens with zero attached hydrogens (tertiary/aromatic N) is 2. The molecule has 4 saturated heterocycles. The summed E-state index contributed by atoms with van der Waals surface area (Å²) in [5.74, 6) is -6.24. The minimum atomic E-state index is -1.50. The Bertz CT molecular complexity index is 2130. The van der Waals surface area contributed by atoms with Crippen molar-refractivity contribution >= 4 is 52.0 Å². The van der Waals surface area contributed by atoms with Crippen molar-refractivity contribution in [1.82, 2.24) is 9.88 Å². The molecule has 19 atom stereocenters. The van der Waals surface area contributed by atoms with Gasteiger partial charge in [0, 0.05) is 61.9 Å². The van der Waals surface area contributed by atoms with Gasteiger partial charge in [0.2, 0.25) is 5.91 Å². The third kappa shape index (κ3) is 11.3. The SMILES string of the molecule is CC[C@H]1OC(=O)[C@H](C)[C@@H](O[C@H]2C[C@@](C)(OC)[C@@H](O)[C@@H](C)O2)[C@H](C)[C@@H](O[C@@H]2O[C@H](C)C[C@H](N(C)C)[C@H]2O)[C@](C)(OC)C[C@@H](C)C(=O)[C@H](C)C2C(SCC(=O)Nc3cccc4cccnc34)C(=O)O[C@@]21C. The van der Waals surface area contributed by atoms with Crippen LogP contribution in [0.2, 0.25) is 0 Å². The normalized spacial score (nSPS) is 41.6. The number of para-hydroxylation sites is 1. The number of likely N-dealkylation sites (N-methyl/N-ethyl adjacent to an activating group) is 1. The fourth-order valence-corrected chi connectivity index (χ4v) is 12.8. The molecule has 4 aliphatic rings. The molecule has 1 aromatic carbocycles. The average molecular weight is 988 g/mol. The van der Waals surface area contributed by atoms with Gasteiger partial charge in [-0.15, -0.1) is 11.8 Å². The first-order valence-electron chi connectivity index (χ1n) is 24.4. The van der Waals surface area contributed by atoms with Crippen LogP contribution in [0.25, 0.3) is 10.9 Å². The lowest BCUT2D eigenvalue weighted by atomic mass is 9.70. The number of fused-ring (bicyclic) bond motifs is 2. The lowest BCUT2D eigenvalue weighted by Crippen LogP contribution is -2.61. The Labute approximate surface area is 411 Å². The molecule has 69 heavy (non-hydrogen) atoms. The van der Waals surface area contributed by atoms with Crippen molar-refractivity contribution in [2.45, 2.75) is 178 Å². The van der Waals surface area contributed by atoms with Crippen molar-refractivity contribution in [2.75, 3.05) is 39.4 Å². The quantitative estimate of drug-likeness (QED) is 0.223. The van der Waals surface area contributed by atoms with Crippen molar-refractivity contribution in [3.63, 3.8) is 0 Å².